The van der Waals surface area contributed by atoms with Gasteiger partial charge in [-0.25, -0.2) is 0 Å². The quantitative estimate of drug-likeness (QED) is 0.732. The monoisotopic (exact) mass is 348 g/mol. The smallest absolute Gasteiger partial charge is 0.0453 e. The summed E-state index contributed by atoms with van der Waals surface area (Å²) in [6, 6.07) is 0. The first-order valence-corrected chi connectivity index (χ1v) is 5.64. The summed E-state index contributed by atoms with van der Waals surface area (Å²) < 4.78 is 0. The zero-order valence-electron chi connectivity index (χ0n) is 12.1. The SMILES string of the molecule is CC(C)CO.CC(C)CO.CC(C)CO.Cl.[Zr]. The third-order valence-corrected chi connectivity index (χ3v) is 1.10. The molecule has 5 heteroatoms. The maximum Gasteiger partial charge on any atom is 0.0453 e. The summed E-state index contributed by atoms with van der Waals surface area (Å²) in [5.41, 5.74) is 0. The summed E-state index contributed by atoms with van der Waals surface area (Å²) in [5.74, 6) is 1.32. The number of hydrogen-bond acceptors (Lipinski definition) is 3. The molecular formula is C12H31ClO3Zr. The van der Waals surface area contributed by atoms with Crippen LogP contribution in [-0.2, 0) is 26.2 Å². The Morgan fingerprint density at radius 1 is 0.588 bits per heavy atom. The molecule has 0 saturated heterocycles. The van der Waals surface area contributed by atoms with Gasteiger partial charge in [-0.3, -0.25) is 0 Å². The Bertz CT molecular complexity index is 82.7. The zero-order valence-corrected chi connectivity index (χ0v) is 15.4. The van der Waals surface area contributed by atoms with Crippen LogP contribution < -0.4 is 0 Å². The molecule has 0 aromatic rings. The van der Waals surface area contributed by atoms with E-state index in [1.165, 1.54) is 0 Å². The summed E-state index contributed by atoms with van der Waals surface area (Å²) in [6.45, 7) is 12.7. The molecule has 0 aliphatic rings. The van der Waals surface area contributed by atoms with Gasteiger partial charge in [0.25, 0.3) is 0 Å². The average Bonchev–Trinajstić information content (AvgIpc) is 2.19. The van der Waals surface area contributed by atoms with Gasteiger partial charge >= 0.3 is 0 Å². The van der Waals surface area contributed by atoms with Crippen LogP contribution in [0.15, 0.2) is 0 Å². The van der Waals surface area contributed by atoms with Gasteiger partial charge in [0.15, 0.2) is 0 Å². The van der Waals surface area contributed by atoms with E-state index in [1.807, 2.05) is 41.5 Å². The van der Waals surface area contributed by atoms with Crippen LogP contribution in [-0.4, -0.2) is 35.1 Å². The Kier molecular flexibility index (Phi) is 46.7. The Morgan fingerprint density at radius 2 is 0.647 bits per heavy atom. The first-order chi connectivity index (χ1) is 6.81. The van der Waals surface area contributed by atoms with Gasteiger partial charge in [-0.1, -0.05) is 41.5 Å². The molecule has 0 radical (unpaired) electrons. The minimum absolute atomic E-state index is 0. The standard InChI is InChI=1S/3C4H10O.ClH.Zr/c3*1-4(2)3-5;;/h3*4-5H,3H2,1-2H3;1H;. The van der Waals surface area contributed by atoms with Gasteiger partial charge < -0.3 is 15.3 Å². The number of hydrogen-bond donors (Lipinski definition) is 3. The van der Waals surface area contributed by atoms with E-state index in [-0.39, 0.29) is 38.6 Å². The second-order valence-electron chi connectivity index (χ2n) is 4.73. The molecule has 0 amide bonds. The molecule has 0 fully saturated rings. The fraction of sp³-hybridized carbons (Fsp3) is 1.00. The largest absolute Gasteiger partial charge is 0.396 e. The molecule has 0 unspecified atom stereocenters. The molecule has 3 nitrogen and oxygen atoms in total. The van der Waals surface area contributed by atoms with Crippen molar-refractivity contribution in [1.29, 1.82) is 0 Å². The summed E-state index contributed by atoms with van der Waals surface area (Å²) in [6.07, 6.45) is 0. The van der Waals surface area contributed by atoms with Crippen LogP contribution in [0.5, 0.6) is 0 Å². The van der Waals surface area contributed by atoms with E-state index < -0.39 is 0 Å². The van der Waals surface area contributed by atoms with Crippen molar-refractivity contribution in [3.05, 3.63) is 0 Å². The summed E-state index contributed by atoms with van der Waals surface area (Å²) in [4.78, 5) is 0. The molecule has 0 saturated carbocycles. The van der Waals surface area contributed by atoms with Gasteiger partial charge in [0.2, 0.25) is 0 Å². The van der Waals surface area contributed by atoms with Gasteiger partial charge in [-0.15, -0.1) is 12.4 Å². The fourth-order valence-electron chi connectivity index (χ4n) is 0. The van der Waals surface area contributed by atoms with Gasteiger partial charge in [0, 0.05) is 46.0 Å². The zero-order chi connectivity index (χ0) is 12.9. The number of aliphatic hydroxyl groups excluding tert-OH is 3. The van der Waals surface area contributed by atoms with Crippen molar-refractivity contribution in [1.82, 2.24) is 0 Å². The molecule has 0 rings (SSSR count). The van der Waals surface area contributed by atoms with Gasteiger partial charge in [-0.2, -0.15) is 0 Å². The second-order valence-corrected chi connectivity index (χ2v) is 4.73. The molecule has 0 heterocycles. The van der Waals surface area contributed by atoms with E-state index in [2.05, 4.69) is 0 Å². The fourth-order valence-corrected chi connectivity index (χ4v) is 0. The third kappa shape index (κ3) is 77.7. The molecule has 0 aromatic heterocycles. The average molecular weight is 350 g/mol. The summed E-state index contributed by atoms with van der Waals surface area (Å²) in [7, 11) is 0. The minimum Gasteiger partial charge on any atom is -0.396 e. The molecule has 0 aliphatic heterocycles. The Hall–Kier alpha value is 1.05. The molecule has 0 aromatic carbocycles. The van der Waals surface area contributed by atoms with Gasteiger partial charge in [-0.05, 0) is 17.8 Å². The van der Waals surface area contributed by atoms with E-state index in [4.69, 9.17) is 15.3 Å². The van der Waals surface area contributed by atoms with Crippen molar-refractivity contribution in [2.24, 2.45) is 17.8 Å². The van der Waals surface area contributed by atoms with Crippen molar-refractivity contribution in [2.75, 3.05) is 19.8 Å². The normalized spacial score (nSPS) is 8.47. The van der Waals surface area contributed by atoms with Crippen LogP contribution in [0.1, 0.15) is 41.5 Å². The van der Waals surface area contributed by atoms with Crippen LogP contribution in [0.3, 0.4) is 0 Å². The van der Waals surface area contributed by atoms with Crippen molar-refractivity contribution in [3.63, 3.8) is 0 Å². The van der Waals surface area contributed by atoms with E-state index in [1.54, 1.807) is 0 Å². The van der Waals surface area contributed by atoms with Crippen LogP contribution in [0.2, 0.25) is 0 Å². The van der Waals surface area contributed by atoms with Crippen molar-refractivity contribution in [3.8, 4) is 0 Å². The van der Waals surface area contributed by atoms with Gasteiger partial charge in [0.05, 0.1) is 0 Å². The van der Waals surface area contributed by atoms with Crippen molar-refractivity contribution >= 4 is 12.4 Å². The van der Waals surface area contributed by atoms with E-state index >= 15 is 0 Å². The first-order valence-electron chi connectivity index (χ1n) is 5.64. The maximum atomic E-state index is 8.14. The van der Waals surface area contributed by atoms with Crippen molar-refractivity contribution < 1.29 is 41.5 Å². The van der Waals surface area contributed by atoms with Crippen LogP contribution >= 0.6 is 12.4 Å². The molecule has 3 N–H and O–H groups in total. The third-order valence-electron chi connectivity index (χ3n) is 1.10. The van der Waals surface area contributed by atoms with E-state index in [0.717, 1.165) is 0 Å². The first kappa shape index (κ1) is 30.8. The molecule has 0 bridgehead atoms. The number of rotatable bonds is 3. The van der Waals surface area contributed by atoms with E-state index in [9.17, 15) is 0 Å². The van der Waals surface area contributed by atoms with E-state index in [0.29, 0.717) is 37.6 Å². The van der Waals surface area contributed by atoms with Crippen LogP contribution in [0, 0.1) is 17.8 Å². The number of halogens is 1. The Labute approximate surface area is 133 Å². The molecule has 0 spiro atoms. The number of aliphatic hydroxyl groups is 3. The molecule has 0 aliphatic carbocycles. The molecule has 17 heavy (non-hydrogen) atoms. The van der Waals surface area contributed by atoms with Crippen molar-refractivity contribution in [2.45, 2.75) is 41.5 Å². The van der Waals surface area contributed by atoms with Gasteiger partial charge in [0.1, 0.15) is 0 Å². The summed E-state index contributed by atoms with van der Waals surface area (Å²) in [5, 5.41) is 24.4. The predicted molar refractivity (Wildman–Crippen MR) is 73.0 cm³/mol. The van der Waals surface area contributed by atoms with Crippen LogP contribution in [0.25, 0.3) is 0 Å². The molecule has 108 valence electrons. The summed E-state index contributed by atoms with van der Waals surface area (Å²) >= 11 is 0. The molecular weight excluding hydrogens is 319 g/mol. The molecule has 0 atom stereocenters. The maximum absolute atomic E-state index is 8.14. The Morgan fingerprint density at radius 3 is 0.647 bits per heavy atom. The predicted octanol–water partition coefficient (Wildman–Crippen LogP) is 2.32. The minimum atomic E-state index is 0. The van der Waals surface area contributed by atoms with Crippen LogP contribution in [0.4, 0.5) is 0 Å². The second kappa shape index (κ2) is 25.8. The topological polar surface area (TPSA) is 60.7 Å². The Balaban J connectivity index is -0.0000000400.